The molecule has 8 heteroatoms. The van der Waals surface area contributed by atoms with Gasteiger partial charge in [-0.2, -0.15) is 0 Å². The number of hydrogen-bond acceptors (Lipinski definition) is 6. The fourth-order valence-corrected chi connectivity index (χ4v) is 3.81. The summed E-state index contributed by atoms with van der Waals surface area (Å²) >= 11 is 0.852. The molecule has 1 N–H and O–H groups in total. The largest absolute Gasteiger partial charge is 0.493 e. The Morgan fingerprint density at radius 1 is 1.10 bits per heavy atom. The van der Waals surface area contributed by atoms with Gasteiger partial charge in [-0.1, -0.05) is 18.2 Å². The van der Waals surface area contributed by atoms with Crippen molar-refractivity contribution in [3.63, 3.8) is 0 Å². The standard InChI is InChI=1S/C22H22N2O5S/c1-14-5-4-6-16(11-14)23-20(25)9-10-24-21(26)19(30-22(24)27)13-15-7-8-17(28-2)18(12-15)29-3/h4-8,11-13H,9-10H2,1-3H3,(H,23,25). The number of aryl methyl sites for hydroxylation is 1. The molecule has 1 aliphatic heterocycles. The molecule has 7 nitrogen and oxygen atoms in total. The van der Waals surface area contributed by atoms with Crippen LogP contribution >= 0.6 is 11.8 Å². The summed E-state index contributed by atoms with van der Waals surface area (Å²) in [7, 11) is 3.06. The van der Waals surface area contributed by atoms with Crippen LogP contribution in [0.3, 0.4) is 0 Å². The number of nitrogens with zero attached hydrogens (tertiary/aromatic N) is 1. The predicted molar refractivity (Wildman–Crippen MR) is 117 cm³/mol. The summed E-state index contributed by atoms with van der Waals surface area (Å²) in [6, 6.07) is 12.6. The SMILES string of the molecule is COc1ccc(C=C2SC(=O)N(CCC(=O)Nc3cccc(C)c3)C2=O)cc1OC. The molecule has 0 radical (unpaired) electrons. The Bertz CT molecular complexity index is 1020. The molecule has 1 aliphatic rings. The van der Waals surface area contributed by atoms with E-state index in [1.807, 2.05) is 25.1 Å². The molecule has 3 amide bonds. The molecule has 2 aromatic carbocycles. The van der Waals surface area contributed by atoms with Crippen molar-refractivity contribution in [3.8, 4) is 11.5 Å². The van der Waals surface area contributed by atoms with Gasteiger partial charge in [-0.3, -0.25) is 19.3 Å². The van der Waals surface area contributed by atoms with E-state index in [-0.39, 0.29) is 18.9 Å². The summed E-state index contributed by atoms with van der Waals surface area (Å²) in [5, 5.41) is 2.38. The highest BCUT2D eigenvalue weighted by atomic mass is 32.2. The number of imide groups is 1. The minimum atomic E-state index is -0.414. The average Bonchev–Trinajstić information content (AvgIpc) is 2.99. The molecule has 0 aromatic heterocycles. The van der Waals surface area contributed by atoms with Crippen molar-refractivity contribution in [3.05, 3.63) is 58.5 Å². The fourth-order valence-electron chi connectivity index (χ4n) is 2.95. The second-order valence-electron chi connectivity index (χ2n) is 6.62. The monoisotopic (exact) mass is 426 g/mol. The highest BCUT2D eigenvalue weighted by Gasteiger charge is 2.35. The predicted octanol–water partition coefficient (Wildman–Crippen LogP) is 4.08. The molecular weight excluding hydrogens is 404 g/mol. The van der Waals surface area contributed by atoms with Crippen LogP contribution < -0.4 is 14.8 Å². The molecule has 0 saturated carbocycles. The van der Waals surface area contributed by atoms with Crippen LogP contribution in [0.4, 0.5) is 10.5 Å². The molecule has 0 unspecified atom stereocenters. The van der Waals surface area contributed by atoms with Crippen molar-refractivity contribution in [2.75, 3.05) is 26.1 Å². The number of ether oxygens (including phenoxy) is 2. The van der Waals surface area contributed by atoms with Gasteiger partial charge in [0.15, 0.2) is 11.5 Å². The van der Waals surface area contributed by atoms with Crippen LogP contribution in [-0.4, -0.2) is 42.7 Å². The van der Waals surface area contributed by atoms with Crippen LogP contribution in [-0.2, 0) is 9.59 Å². The molecule has 3 rings (SSSR count). The summed E-state index contributed by atoms with van der Waals surface area (Å²) in [6.07, 6.45) is 1.65. The Balaban J connectivity index is 1.64. The Kier molecular flexibility index (Phi) is 6.79. The molecule has 0 spiro atoms. The van der Waals surface area contributed by atoms with E-state index >= 15 is 0 Å². The lowest BCUT2D eigenvalue weighted by Crippen LogP contribution is -2.31. The molecular formula is C22H22N2O5S. The molecule has 156 valence electrons. The van der Waals surface area contributed by atoms with Gasteiger partial charge in [-0.25, -0.2) is 0 Å². The van der Waals surface area contributed by atoms with E-state index in [2.05, 4.69) is 5.32 Å². The first kappa shape index (κ1) is 21.4. The smallest absolute Gasteiger partial charge is 0.293 e. The first-order valence-corrected chi connectivity index (χ1v) is 10.1. The zero-order valence-electron chi connectivity index (χ0n) is 16.9. The molecule has 0 atom stereocenters. The van der Waals surface area contributed by atoms with Gasteiger partial charge in [0.2, 0.25) is 5.91 Å². The molecule has 2 aromatic rings. The number of anilines is 1. The van der Waals surface area contributed by atoms with Gasteiger partial charge in [0.25, 0.3) is 11.1 Å². The second kappa shape index (κ2) is 9.49. The summed E-state index contributed by atoms with van der Waals surface area (Å²) in [6.45, 7) is 1.95. The third-order valence-electron chi connectivity index (χ3n) is 4.44. The van der Waals surface area contributed by atoms with Gasteiger partial charge >= 0.3 is 0 Å². The van der Waals surface area contributed by atoms with E-state index in [0.29, 0.717) is 27.7 Å². The summed E-state index contributed by atoms with van der Waals surface area (Å²) in [5.41, 5.74) is 2.41. The number of carbonyl (C=O) groups is 3. The van der Waals surface area contributed by atoms with E-state index in [1.165, 1.54) is 14.2 Å². The van der Waals surface area contributed by atoms with Crippen LogP contribution in [0.2, 0.25) is 0 Å². The Labute approximate surface area is 179 Å². The Morgan fingerprint density at radius 2 is 1.87 bits per heavy atom. The minimum Gasteiger partial charge on any atom is -0.493 e. The number of carbonyl (C=O) groups excluding carboxylic acids is 3. The minimum absolute atomic E-state index is 0.0194. The highest BCUT2D eigenvalue weighted by Crippen LogP contribution is 2.34. The number of benzene rings is 2. The van der Waals surface area contributed by atoms with Crippen molar-refractivity contribution in [1.82, 2.24) is 4.90 Å². The lowest BCUT2D eigenvalue weighted by molar-refractivity contribution is -0.123. The number of hydrogen-bond donors (Lipinski definition) is 1. The number of rotatable bonds is 7. The van der Waals surface area contributed by atoms with Crippen LogP contribution in [0.5, 0.6) is 11.5 Å². The molecule has 0 aliphatic carbocycles. The van der Waals surface area contributed by atoms with Gasteiger partial charge in [0.05, 0.1) is 19.1 Å². The lowest BCUT2D eigenvalue weighted by Gasteiger charge is -2.12. The Morgan fingerprint density at radius 3 is 2.57 bits per heavy atom. The first-order chi connectivity index (χ1) is 14.4. The summed E-state index contributed by atoms with van der Waals surface area (Å²) in [4.78, 5) is 38.5. The molecule has 0 bridgehead atoms. The van der Waals surface area contributed by atoms with Crippen LogP contribution in [0.1, 0.15) is 17.5 Å². The van der Waals surface area contributed by atoms with Crippen molar-refractivity contribution in [2.24, 2.45) is 0 Å². The molecule has 1 fully saturated rings. The molecule has 1 heterocycles. The first-order valence-electron chi connectivity index (χ1n) is 9.25. The van der Waals surface area contributed by atoms with Crippen molar-refractivity contribution in [1.29, 1.82) is 0 Å². The van der Waals surface area contributed by atoms with E-state index in [4.69, 9.17) is 9.47 Å². The van der Waals surface area contributed by atoms with Gasteiger partial charge in [-0.15, -0.1) is 0 Å². The van der Waals surface area contributed by atoms with Gasteiger partial charge in [0.1, 0.15) is 0 Å². The van der Waals surface area contributed by atoms with E-state index in [9.17, 15) is 14.4 Å². The molecule has 30 heavy (non-hydrogen) atoms. The number of methoxy groups -OCH3 is 2. The van der Waals surface area contributed by atoms with E-state index in [0.717, 1.165) is 22.2 Å². The third-order valence-corrected chi connectivity index (χ3v) is 5.35. The summed E-state index contributed by atoms with van der Waals surface area (Å²) in [5.74, 6) is 0.423. The van der Waals surface area contributed by atoms with Crippen molar-refractivity contribution in [2.45, 2.75) is 13.3 Å². The third kappa shape index (κ3) is 5.01. The van der Waals surface area contributed by atoms with E-state index < -0.39 is 11.1 Å². The summed E-state index contributed by atoms with van der Waals surface area (Å²) < 4.78 is 10.5. The van der Waals surface area contributed by atoms with Crippen LogP contribution in [0.25, 0.3) is 6.08 Å². The fraction of sp³-hybridized carbons (Fsp3) is 0.227. The average molecular weight is 426 g/mol. The Hall–Kier alpha value is -3.26. The zero-order valence-corrected chi connectivity index (χ0v) is 17.7. The molecule has 1 saturated heterocycles. The maximum Gasteiger partial charge on any atom is 0.293 e. The van der Waals surface area contributed by atoms with Gasteiger partial charge in [-0.05, 0) is 60.2 Å². The van der Waals surface area contributed by atoms with E-state index in [1.54, 1.807) is 30.3 Å². The number of thioether (sulfide) groups is 1. The lowest BCUT2D eigenvalue weighted by atomic mass is 10.2. The quantitative estimate of drug-likeness (QED) is 0.672. The van der Waals surface area contributed by atoms with Gasteiger partial charge < -0.3 is 14.8 Å². The second-order valence-corrected chi connectivity index (χ2v) is 7.61. The van der Waals surface area contributed by atoms with Gasteiger partial charge in [0, 0.05) is 18.7 Å². The number of nitrogens with one attached hydrogen (secondary N) is 1. The topological polar surface area (TPSA) is 84.9 Å². The van der Waals surface area contributed by atoms with Crippen molar-refractivity contribution >= 4 is 40.6 Å². The normalized spacial score (nSPS) is 14.9. The maximum absolute atomic E-state index is 12.6. The zero-order chi connectivity index (χ0) is 21.7. The maximum atomic E-state index is 12.6. The van der Waals surface area contributed by atoms with Crippen LogP contribution in [0.15, 0.2) is 47.4 Å². The van der Waals surface area contributed by atoms with Crippen molar-refractivity contribution < 1.29 is 23.9 Å². The highest BCUT2D eigenvalue weighted by molar-refractivity contribution is 8.18. The number of amides is 3. The van der Waals surface area contributed by atoms with Crippen LogP contribution in [0, 0.1) is 6.92 Å².